The molecule has 0 amide bonds. The van der Waals surface area contributed by atoms with E-state index in [9.17, 15) is 24.6 Å². The molecule has 0 bridgehead atoms. The molecule has 0 atom stereocenters. The van der Waals surface area contributed by atoms with E-state index >= 15 is 0 Å². The third-order valence-corrected chi connectivity index (χ3v) is 6.05. The van der Waals surface area contributed by atoms with Crippen molar-refractivity contribution >= 4 is 5.97 Å². The van der Waals surface area contributed by atoms with E-state index in [4.69, 9.17) is 9.84 Å². The van der Waals surface area contributed by atoms with Crippen LogP contribution in [0.2, 0.25) is 0 Å². The number of aromatic hydroxyl groups is 2. The van der Waals surface area contributed by atoms with Crippen molar-refractivity contribution in [1.82, 2.24) is 0 Å². The first kappa shape index (κ1) is 30.1. The van der Waals surface area contributed by atoms with E-state index in [1.165, 1.54) is 12.1 Å². The number of hydrogen-bond donors (Lipinski definition) is 3. The van der Waals surface area contributed by atoms with Crippen molar-refractivity contribution in [3.8, 4) is 17.2 Å². The monoisotopic (exact) mass is 513 g/mol. The summed E-state index contributed by atoms with van der Waals surface area (Å²) in [6, 6.07) is 15.9. The SMILES string of the molecule is CC(C)c1ccc(C(c2ccc(OCC(=O)O)cc2)c2ccc(C(C)C)cc(=O)c2O)c(O)c(=O)c1.[Na+]. The van der Waals surface area contributed by atoms with Crippen LogP contribution in [-0.4, -0.2) is 27.9 Å². The first-order valence-corrected chi connectivity index (χ1v) is 11.7. The van der Waals surface area contributed by atoms with Crippen molar-refractivity contribution in [2.24, 2.45) is 0 Å². The maximum absolute atomic E-state index is 12.8. The Morgan fingerprint density at radius 1 is 0.730 bits per heavy atom. The van der Waals surface area contributed by atoms with E-state index in [2.05, 4.69) is 0 Å². The Balaban J connectivity index is 0.00000481. The van der Waals surface area contributed by atoms with Gasteiger partial charge in [-0.05, 0) is 52.8 Å². The van der Waals surface area contributed by atoms with Crippen molar-refractivity contribution in [2.75, 3.05) is 6.61 Å². The standard InChI is InChI=1S/C29H30O7.Na/c1-16(2)19-7-11-22(28(34)24(30)13-19)27(18-5-9-21(10-6-18)36-15-26(32)33)23-12-8-20(17(3)4)14-25(31)29(23)35;/h5-14,16-17,27H,15H2,1-4H3,(H,30,34)(H,31,35)(H,32,33);/q;+1. The van der Waals surface area contributed by atoms with Gasteiger partial charge in [0.25, 0.3) is 0 Å². The van der Waals surface area contributed by atoms with Gasteiger partial charge < -0.3 is 20.1 Å². The summed E-state index contributed by atoms with van der Waals surface area (Å²) in [4.78, 5) is 36.5. The molecular weight excluding hydrogens is 483 g/mol. The predicted octanol–water partition coefficient (Wildman–Crippen LogP) is 1.71. The Morgan fingerprint density at radius 2 is 1.14 bits per heavy atom. The number of carboxylic acid groups (broad SMARTS) is 1. The Kier molecular flexibility index (Phi) is 10.5. The number of aliphatic carboxylic acids is 1. The van der Waals surface area contributed by atoms with Crippen molar-refractivity contribution in [1.29, 1.82) is 0 Å². The van der Waals surface area contributed by atoms with Crippen LogP contribution in [-0.2, 0) is 4.79 Å². The Morgan fingerprint density at radius 3 is 1.51 bits per heavy atom. The van der Waals surface area contributed by atoms with Gasteiger partial charge in [0.1, 0.15) is 5.75 Å². The zero-order valence-corrected chi connectivity index (χ0v) is 23.7. The maximum Gasteiger partial charge on any atom is 1.00 e. The molecule has 0 fully saturated rings. The molecule has 3 aromatic rings. The van der Waals surface area contributed by atoms with Crippen molar-refractivity contribution in [3.05, 3.63) is 109 Å². The average Bonchev–Trinajstić information content (AvgIpc) is 3.07. The van der Waals surface area contributed by atoms with Crippen LogP contribution in [0.5, 0.6) is 17.2 Å². The molecular formula is C29H30NaO7+. The second kappa shape index (κ2) is 12.9. The van der Waals surface area contributed by atoms with Gasteiger partial charge in [-0.15, -0.1) is 0 Å². The van der Waals surface area contributed by atoms with Crippen LogP contribution in [0.3, 0.4) is 0 Å². The summed E-state index contributed by atoms with van der Waals surface area (Å²) in [7, 11) is 0. The van der Waals surface area contributed by atoms with Crippen LogP contribution in [0.1, 0.15) is 73.3 Å². The van der Waals surface area contributed by atoms with Crippen LogP contribution < -0.4 is 45.2 Å². The van der Waals surface area contributed by atoms with Gasteiger partial charge in [0.15, 0.2) is 18.1 Å². The minimum atomic E-state index is -1.12. The largest absolute Gasteiger partial charge is 1.00 e. The summed E-state index contributed by atoms with van der Waals surface area (Å²) in [5.74, 6) is -2.59. The second-order valence-corrected chi connectivity index (χ2v) is 9.29. The second-order valence-electron chi connectivity index (χ2n) is 9.29. The predicted molar refractivity (Wildman–Crippen MR) is 137 cm³/mol. The number of benzene rings is 1. The summed E-state index contributed by atoms with van der Waals surface area (Å²) in [5, 5.41) is 30.8. The Labute approximate surface area is 237 Å². The van der Waals surface area contributed by atoms with Crippen LogP contribution in [0.4, 0.5) is 0 Å². The van der Waals surface area contributed by atoms with Gasteiger partial charge in [0, 0.05) is 17.0 Å². The third kappa shape index (κ3) is 7.22. The number of rotatable bonds is 8. The Bertz CT molecular complexity index is 1310. The fraction of sp³-hybridized carbons (Fsp3) is 0.276. The molecule has 3 rings (SSSR count). The van der Waals surface area contributed by atoms with Crippen molar-refractivity contribution in [3.63, 3.8) is 0 Å². The van der Waals surface area contributed by atoms with Gasteiger partial charge in [-0.3, -0.25) is 9.59 Å². The van der Waals surface area contributed by atoms with Gasteiger partial charge in [-0.1, -0.05) is 64.1 Å². The first-order chi connectivity index (χ1) is 17.0. The summed E-state index contributed by atoms with van der Waals surface area (Å²) in [6.07, 6.45) is 0. The van der Waals surface area contributed by atoms with E-state index < -0.39 is 40.9 Å². The molecule has 0 aliphatic carbocycles. The fourth-order valence-electron chi connectivity index (χ4n) is 3.96. The van der Waals surface area contributed by atoms with Crippen LogP contribution in [0.15, 0.2) is 70.3 Å². The van der Waals surface area contributed by atoms with Crippen molar-refractivity contribution in [2.45, 2.75) is 45.4 Å². The molecule has 0 aliphatic heterocycles. The van der Waals surface area contributed by atoms with E-state index in [-0.39, 0.29) is 52.5 Å². The van der Waals surface area contributed by atoms with Gasteiger partial charge in [-0.2, -0.15) is 0 Å². The van der Waals surface area contributed by atoms with E-state index in [0.29, 0.717) is 11.3 Å². The molecule has 0 heterocycles. The maximum atomic E-state index is 12.8. The normalized spacial score (nSPS) is 10.9. The fourth-order valence-corrected chi connectivity index (χ4v) is 3.96. The molecule has 7 nitrogen and oxygen atoms in total. The molecule has 3 N–H and O–H groups in total. The summed E-state index contributed by atoms with van der Waals surface area (Å²) < 4.78 is 5.22. The van der Waals surface area contributed by atoms with Gasteiger partial charge in [0.2, 0.25) is 10.9 Å². The number of ether oxygens (including phenoxy) is 1. The molecule has 0 spiro atoms. The molecule has 37 heavy (non-hydrogen) atoms. The van der Waals surface area contributed by atoms with Crippen LogP contribution in [0, 0.1) is 0 Å². The number of carbonyl (C=O) groups is 1. The molecule has 188 valence electrons. The molecule has 0 radical (unpaired) electrons. The van der Waals surface area contributed by atoms with E-state index in [1.807, 2.05) is 27.7 Å². The number of carboxylic acids is 1. The molecule has 0 saturated carbocycles. The van der Waals surface area contributed by atoms with E-state index in [1.54, 1.807) is 48.5 Å². The Hall–Kier alpha value is -3.13. The van der Waals surface area contributed by atoms with Gasteiger partial charge in [0.05, 0.1) is 0 Å². The van der Waals surface area contributed by atoms with E-state index in [0.717, 1.165) is 11.1 Å². The van der Waals surface area contributed by atoms with Gasteiger partial charge in [-0.25, -0.2) is 4.79 Å². The van der Waals surface area contributed by atoms with Gasteiger partial charge >= 0.3 is 35.5 Å². The summed E-state index contributed by atoms with van der Waals surface area (Å²) in [5.41, 5.74) is 1.30. The number of hydrogen-bond acceptors (Lipinski definition) is 6. The van der Waals surface area contributed by atoms with Crippen LogP contribution in [0.25, 0.3) is 0 Å². The third-order valence-electron chi connectivity index (χ3n) is 6.05. The minimum Gasteiger partial charge on any atom is -0.504 e. The average molecular weight is 514 g/mol. The zero-order valence-electron chi connectivity index (χ0n) is 21.7. The van der Waals surface area contributed by atoms with Crippen LogP contribution >= 0.6 is 0 Å². The first-order valence-electron chi connectivity index (χ1n) is 11.7. The molecule has 8 heteroatoms. The molecule has 0 aliphatic rings. The zero-order chi connectivity index (χ0) is 26.6. The minimum absolute atomic E-state index is 0. The molecule has 3 aromatic carbocycles. The molecule has 0 saturated heterocycles. The quantitative estimate of drug-likeness (QED) is 0.392. The summed E-state index contributed by atoms with van der Waals surface area (Å²) in [6.45, 7) is 7.21. The smallest absolute Gasteiger partial charge is 0.504 e. The topological polar surface area (TPSA) is 121 Å². The molecule has 0 unspecified atom stereocenters. The summed E-state index contributed by atoms with van der Waals surface area (Å²) >= 11 is 0. The molecule has 0 aromatic heterocycles. The van der Waals surface area contributed by atoms with Crippen molar-refractivity contribution < 1.29 is 54.4 Å².